The van der Waals surface area contributed by atoms with Gasteiger partial charge in [-0.2, -0.15) is 5.10 Å². The van der Waals surface area contributed by atoms with E-state index >= 15 is 0 Å². The van der Waals surface area contributed by atoms with Gasteiger partial charge in [0.05, 0.1) is 7.11 Å². The largest absolute Gasteiger partial charge is 0.497 e. The lowest BCUT2D eigenvalue weighted by atomic mass is 10.1. The summed E-state index contributed by atoms with van der Waals surface area (Å²) in [6.07, 6.45) is 0.436. The number of nitrogens with one attached hydrogen (secondary N) is 1. The number of aromatic nitrogens is 3. The molecule has 0 aliphatic carbocycles. The number of benzene rings is 2. The van der Waals surface area contributed by atoms with E-state index in [0.717, 1.165) is 21.3 Å². The van der Waals surface area contributed by atoms with E-state index in [1.807, 2.05) is 48.5 Å². The molecule has 0 spiro atoms. The fourth-order valence-corrected chi connectivity index (χ4v) is 2.42. The van der Waals surface area contributed by atoms with Crippen molar-refractivity contribution in [3.05, 3.63) is 74.6 Å². The van der Waals surface area contributed by atoms with Crippen LogP contribution in [0.2, 0.25) is 0 Å². The van der Waals surface area contributed by atoms with Gasteiger partial charge in [0.1, 0.15) is 11.4 Å². The Labute approximate surface area is 141 Å². The Morgan fingerprint density at radius 2 is 1.78 bits per heavy atom. The summed E-state index contributed by atoms with van der Waals surface area (Å²) in [5, 5.41) is 6.54. The van der Waals surface area contributed by atoms with E-state index in [0.29, 0.717) is 17.9 Å². The second-order valence-electron chi connectivity index (χ2n) is 4.97. The highest BCUT2D eigenvalue weighted by Crippen LogP contribution is 2.18. The molecule has 1 N–H and O–H groups in total. The zero-order valence-corrected chi connectivity index (χ0v) is 14.0. The first-order chi connectivity index (χ1) is 11.2. The molecule has 0 unspecified atom stereocenters. The van der Waals surface area contributed by atoms with Crippen molar-refractivity contribution in [2.24, 2.45) is 0 Å². The Morgan fingerprint density at radius 3 is 2.43 bits per heavy atom. The molecular weight excluding hydrogens is 358 g/mol. The summed E-state index contributed by atoms with van der Waals surface area (Å²) >= 11 is 3.39. The molecule has 3 rings (SSSR count). The van der Waals surface area contributed by atoms with E-state index in [9.17, 15) is 4.79 Å². The Kier molecular flexibility index (Phi) is 4.52. The van der Waals surface area contributed by atoms with Crippen LogP contribution in [0.3, 0.4) is 0 Å². The van der Waals surface area contributed by atoms with Gasteiger partial charge < -0.3 is 4.74 Å². The van der Waals surface area contributed by atoms with Crippen LogP contribution in [-0.4, -0.2) is 22.3 Å². The lowest BCUT2D eigenvalue weighted by Gasteiger charge is -2.05. The van der Waals surface area contributed by atoms with E-state index in [1.165, 1.54) is 0 Å². The smallest absolute Gasteiger partial charge is 0.286 e. The summed E-state index contributed by atoms with van der Waals surface area (Å²) in [5.74, 6) is 1.28. The van der Waals surface area contributed by atoms with E-state index in [-0.39, 0.29) is 5.56 Å². The lowest BCUT2D eigenvalue weighted by molar-refractivity contribution is 0.414. The predicted molar refractivity (Wildman–Crippen MR) is 91.6 cm³/mol. The number of methoxy groups -OCH3 is 1. The molecule has 0 aliphatic rings. The topological polar surface area (TPSA) is 67.9 Å². The third-order valence-corrected chi connectivity index (χ3v) is 3.93. The molecule has 1 aromatic heterocycles. The Morgan fingerprint density at radius 1 is 1.09 bits per heavy atom. The van der Waals surface area contributed by atoms with E-state index in [1.54, 1.807) is 7.11 Å². The molecule has 0 saturated carbocycles. The van der Waals surface area contributed by atoms with Crippen LogP contribution < -0.4 is 10.3 Å². The van der Waals surface area contributed by atoms with Crippen LogP contribution in [0.5, 0.6) is 5.75 Å². The summed E-state index contributed by atoms with van der Waals surface area (Å²) in [4.78, 5) is 16.4. The van der Waals surface area contributed by atoms with Crippen molar-refractivity contribution in [2.45, 2.75) is 6.42 Å². The number of halogens is 1. The maximum Gasteiger partial charge on any atom is 0.286 e. The molecule has 0 amide bonds. The summed E-state index contributed by atoms with van der Waals surface area (Å²) in [5.41, 5.74) is 1.99. The second kappa shape index (κ2) is 6.75. The standard InChI is InChI=1S/C17H14BrN3O2/c1-23-14-8-2-11(3-9-14)10-15-17(22)21-20-16(19-15)12-4-6-13(18)7-5-12/h2-9H,10H2,1H3,(H,21,22). The van der Waals surface area contributed by atoms with Gasteiger partial charge in [-0.15, -0.1) is 0 Å². The SMILES string of the molecule is COc1ccc(Cc2nc(-c3ccc(Br)cc3)n[nH]c2=O)cc1. The van der Waals surface area contributed by atoms with Gasteiger partial charge in [-0.05, 0) is 29.8 Å². The van der Waals surface area contributed by atoms with Gasteiger partial charge in [0.25, 0.3) is 5.56 Å². The summed E-state index contributed by atoms with van der Waals surface area (Å²) < 4.78 is 6.11. The molecule has 0 bridgehead atoms. The van der Waals surface area contributed by atoms with Gasteiger partial charge in [-0.3, -0.25) is 4.79 Å². The van der Waals surface area contributed by atoms with E-state index in [4.69, 9.17) is 4.74 Å². The number of nitrogens with zero attached hydrogens (tertiary/aromatic N) is 2. The van der Waals surface area contributed by atoms with Crippen molar-refractivity contribution in [3.8, 4) is 17.1 Å². The Bertz CT molecular complexity index is 858. The highest BCUT2D eigenvalue weighted by molar-refractivity contribution is 9.10. The second-order valence-corrected chi connectivity index (χ2v) is 5.88. The first-order valence-electron chi connectivity index (χ1n) is 7.00. The molecule has 116 valence electrons. The molecule has 2 aromatic carbocycles. The summed E-state index contributed by atoms with van der Waals surface area (Å²) in [6, 6.07) is 15.2. The molecular formula is C17H14BrN3O2. The van der Waals surface area contributed by atoms with Gasteiger partial charge in [0, 0.05) is 16.5 Å². The lowest BCUT2D eigenvalue weighted by Crippen LogP contribution is -2.18. The normalized spacial score (nSPS) is 10.5. The van der Waals surface area contributed by atoms with Gasteiger partial charge >= 0.3 is 0 Å². The van der Waals surface area contributed by atoms with Crippen LogP contribution in [0.1, 0.15) is 11.3 Å². The number of ether oxygens (including phenoxy) is 1. The average molecular weight is 372 g/mol. The Hall–Kier alpha value is -2.47. The number of rotatable bonds is 4. The number of hydrogen-bond acceptors (Lipinski definition) is 4. The molecule has 0 radical (unpaired) electrons. The third kappa shape index (κ3) is 3.65. The number of H-pyrrole nitrogens is 1. The fourth-order valence-electron chi connectivity index (χ4n) is 2.16. The van der Waals surface area contributed by atoms with Gasteiger partial charge in [0.2, 0.25) is 0 Å². The fraction of sp³-hybridized carbons (Fsp3) is 0.118. The summed E-state index contributed by atoms with van der Waals surface area (Å²) in [6.45, 7) is 0. The maximum absolute atomic E-state index is 12.0. The maximum atomic E-state index is 12.0. The molecule has 1 heterocycles. The Balaban J connectivity index is 1.91. The molecule has 0 aliphatic heterocycles. The van der Waals surface area contributed by atoms with Crippen LogP contribution in [0.15, 0.2) is 57.8 Å². The van der Waals surface area contributed by atoms with Crippen LogP contribution >= 0.6 is 15.9 Å². The minimum Gasteiger partial charge on any atom is -0.497 e. The van der Waals surface area contributed by atoms with Crippen LogP contribution in [0.4, 0.5) is 0 Å². The van der Waals surface area contributed by atoms with E-state index < -0.39 is 0 Å². The number of hydrogen-bond donors (Lipinski definition) is 1. The van der Waals surface area contributed by atoms with E-state index in [2.05, 4.69) is 31.1 Å². The van der Waals surface area contributed by atoms with Crippen molar-refractivity contribution in [1.82, 2.24) is 15.2 Å². The van der Waals surface area contributed by atoms with Crippen molar-refractivity contribution < 1.29 is 4.74 Å². The first kappa shape index (κ1) is 15.4. The molecule has 0 saturated heterocycles. The minimum atomic E-state index is -0.276. The van der Waals surface area contributed by atoms with Gasteiger partial charge in [-0.25, -0.2) is 10.1 Å². The highest BCUT2D eigenvalue weighted by atomic mass is 79.9. The molecule has 3 aromatic rings. The first-order valence-corrected chi connectivity index (χ1v) is 7.79. The van der Waals surface area contributed by atoms with Crippen LogP contribution in [0.25, 0.3) is 11.4 Å². The van der Waals surface area contributed by atoms with Crippen molar-refractivity contribution in [2.75, 3.05) is 7.11 Å². The third-order valence-electron chi connectivity index (χ3n) is 3.40. The minimum absolute atomic E-state index is 0.276. The van der Waals surface area contributed by atoms with Gasteiger partial charge in [-0.1, -0.05) is 40.2 Å². The van der Waals surface area contributed by atoms with Crippen molar-refractivity contribution in [3.63, 3.8) is 0 Å². The molecule has 23 heavy (non-hydrogen) atoms. The van der Waals surface area contributed by atoms with Crippen molar-refractivity contribution in [1.29, 1.82) is 0 Å². The van der Waals surface area contributed by atoms with Crippen LogP contribution in [0, 0.1) is 0 Å². The molecule has 0 atom stereocenters. The zero-order valence-electron chi connectivity index (χ0n) is 12.4. The van der Waals surface area contributed by atoms with Crippen LogP contribution in [-0.2, 0) is 6.42 Å². The predicted octanol–water partition coefficient (Wildman–Crippen LogP) is 3.19. The van der Waals surface area contributed by atoms with Crippen molar-refractivity contribution >= 4 is 15.9 Å². The monoisotopic (exact) mass is 371 g/mol. The summed E-state index contributed by atoms with van der Waals surface area (Å²) in [7, 11) is 1.62. The quantitative estimate of drug-likeness (QED) is 0.764. The molecule has 6 heteroatoms. The average Bonchev–Trinajstić information content (AvgIpc) is 2.58. The molecule has 5 nitrogen and oxygen atoms in total. The zero-order chi connectivity index (χ0) is 16.2. The highest BCUT2D eigenvalue weighted by Gasteiger charge is 2.08. The van der Waals surface area contributed by atoms with Gasteiger partial charge in [0.15, 0.2) is 5.82 Å². The molecule has 0 fully saturated rings. The number of aromatic amines is 1.